The van der Waals surface area contributed by atoms with E-state index in [-0.39, 0.29) is 0 Å². The molecule has 0 amide bonds. The van der Waals surface area contributed by atoms with Gasteiger partial charge in [-0.25, -0.2) is 0 Å². The molecule has 0 aromatic heterocycles. The molecule has 1 aliphatic rings. The first-order chi connectivity index (χ1) is 9.77. The van der Waals surface area contributed by atoms with E-state index < -0.39 is 0 Å². The molecule has 1 saturated carbocycles. The Bertz CT molecular complexity index is 381. The van der Waals surface area contributed by atoms with Gasteiger partial charge < -0.3 is 10.1 Å². The van der Waals surface area contributed by atoms with Gasteiger partial charge in [0.1, 0.15) is 12.4 Å². The second-order valence-corrected chi connectivity index (χ2v) is 6.18. The fourth-order valence-electron chi connectivity index (χ4n) is 3.00. The van der Waals surface area contributed by atoms with Crippen LogP contribution < -0.4 is 10.1 Å². The highest BCUT2D eigenvalue weighted by Gasteiger charge is 2.11. The highest BCUT2D eigenvalue weighted by molar-refractivity contribution is 5.35. The number of nitrogens with one attached hydrogen (secondary N) is 1. The van der Waals surface area contributed by atoms with E-state index in [0.717, 1.165) is 18.9 Å². The summed E-state index contributed by atoms with van der Waals surface area (Å²) in [6.07, 6.45) is 8.27. The molecule has 0 saturated heterocycles. The molecular formula is C18H29NO. The van der Waals surface area contributed by atoms with Gasteiger partial charge in [0.2, 0.25) is 0 Å². The molecule has 2 heteroatoms. The molecule has 2 rings (SSSR count). The smallest absolute Gasteiger partial charge is 0.122 e. The van der Waals surface area contributed by atoms with Gasteiger partial charge in [0, 0.05) is 12.6 Å². The monoisotopic (exact) mass is 275 g/mol. The Kier molecular flexibility index (Phi) is 6.38. The van der Waals surface area contributed by atoms with E-state index >= 15 is 0 Å². The molecule has 0 heterocycles. The summed E-state index contributed by atoms with van der Waals surface area (Å²) in [6.45, 7) is 6.15. The number of hydrogen-bond donors (Lipinski definition) is 1. The van der Waals surface area contributed by atoms with Crippen LogP contribution in [0.1, 0.15) is 63.9 Å². The maximum absolute atomic E-state index is 5.96. The molecule has 0 atom stereocenters. The second-order valence-electron chi connectivity index (χ2n) is 6.18. The molecule has 1 N–H and O–H groups in total. The lowest BCUT2D eigenvalue weighted by atomic mass is 10.0. The molecule has 1 aromatic carbocycles. The molecule has 0 unspecified atom stereocenters. The summed E-state index contributed by atoms with van der Waals surface area (Å²) in [6, 6.07) is 9.10. The summed E-state index contributed by atoms with van der Waals surface area (Å²) in [5, 5.41) is 3.66. The molecule has 112 valence electrons. The largest absolute Gasteiger partial charge is 0.492 e. The van der Waals surface area contributed by atoms with Crippen LogP contribution in [0.4, 0.5) is 0 Å². The minimum atomic E-state index is 0.515. The molecule has 0 bridgehead atoms. The van der Waals surface area contributed by atoms with Gasteiger partial charge in [0.05, 0.1) is 0 Å². The lowest BCUT2D eigenvalue weighted by Gasteiger charge is -2.18. The molecule has 0 spiro atoms. The van der Waals surface area contributed by atoms with E-state index in [1.54, 1.807) is 0 Å². The van der Waals surface area contributed by atoms with Crippen LogP contribution in [0.5, 0.6) is 5.75 Å². The van der Waals surface area contributed by atoms with Crippen molar-refractivity contribution < 1.29 is 4.74 Å². The third-order valence-corrected chi connectivity index (χ3v) is 4.19. The average molecular weight is 275 g/mol. The molecule has 1 aromatic rings. The minimum absolute atomic E-state index is 0.515. The summed E-state index contributed by atoms with van der Waals surface area (Å²) >= 11 is 0. The summed E-state index contributed by atoms with van der Waals surface area (Å²) in [4.78, 5) is 0. The van der Waals surface area contributed by atoms with Gasteiger partial charge in [-0.05, 0) is 30.4 Å². The van der Waals surface area contributed by atoms with Crippen molar-refractivity contribution in [3.8, 4) is 5.75 Å². The summed E-state index contributed by atoms with van der Waals surface area (Å²) in [7, 11) is 0. The van der Waals surface area contributed by atoms with Crippen LogP contribution in [0.2, 0.25) is 0 Å². The third kappa shape index (κ3) is 4.82. The van der Waals surface area contributed by atoms with E-state index in [1.165, 1.54) is 44.1 Å². The van der Waals surface area contributed by atoms with Crippen molar-refractivity contribution in [1.82, 2.24) is 5.32 Å². The Morgan fingerprint density at radius 3 is 2.50 bits per heavy atom. The average Bonchev–Trinajstić information content (AvgIpc) is 2.72. The molecule has 20 heavy (non-hydrogen) atoms. The molecular weight excluding hydrogens is 246 g/mol. The SMILES string of the molecule is CC(C)c1ccccc1OCCNC1CCCCCC1. The maximum Gasteiger partial charge on any atom is 0.122 e. The minimum Gasteiger partial charge on any atom is -0.492 e. The zero-order valence-corrected chi connectivity index (χ0v) is 13.0. The maximum atomic E-state index is 5.96. The van der Waals surface area contributed by atoms with Crippen LogP contribution in [-0.4, -0.2) is 19.2 Å². The Balaban J connectivity index is 1.73. The van der Waals surface area contributed by atoms with Gasteiger partial charge >= 0.3 is 0 Å². The molecule has 2 nitrogen and oxygen atoms in total. The van der Waals surface area contributed by atoms with E-state index in [0.29, 0.717) is 12.0 Å². The number of benzene rings is 1. The first-order valence-corrected chi connectivity index (χ1v) is 8.22. The third-order valence-electron chi connectivity index (χ3n) is 4.19. The lowest BCUT2D eigenvalue weighted by Crippen LogP contribution is -2.32. The molecule has 0 radical (unpaired) electrons. The van der Waals surface area contributed by atoms with Crippen molar-refractivity contribution in [1.29, 1.82) is 0 Å². The Morgan fingerprint density at radius 2 is 1.80 bits per heavy atom. The summed E-state index contributed by atoms with van der Waals surface area (Å²) < 4.78 is 5.96. The van der Waals surface area contributed by atoms with Crippen molar-refractivity contribution in [2.24, 2.45) is 0 Å². The van der Waals surface area contributed by atoms with Crippen molar-refractivity contribution in [3.05, 3.63) is 29.8 Å². The predicted octanol–water partition coefficient (Wildman–Crippen LogP) is 4.50. The predicted molar refractivity (Wildman–Crippen MR) is 85.5 cm³/mol. The van der Waals surface area contributed by atoms with Gasteiger partial charge in [-0.15, -0.1) is 0 Å². The van der Waals surface area contributed by atoms with E-state index in [4.69, 9.17) is 4.74 Å². The van der Waals surface area contributed by atoms with Crippen LogP contribution in [0.15, 0.2) is 24.3 Å². The lowest BCUT2D eigenvalue weighted by molar-refractivity contribution is 0.297. The van der Waals surface area contributed by atoms with Crippen molar-refractivity contribution >= 4 is 0 Å². The van der Waals surface area contributed by atoms with Gasteiger partial charge in [0.25, 0.3) is 0 Å². The Hall–Kier alpha value is -1.02. The second kappa shape index (κ2) is 8.31. The number of para-hydroxylation sites is 1. The van der Waals surface area contributed by atoms with E-state index in [2.05, 4.69) is 43.4 Å². The van der Waals surface area contributed by atoms with Crippen molar-refractivity contribution in [3.63, 3.8) is 0 Å². The summed E-state index contributed by atoms with van der Waals surface area (Å²) in [5.74, 6) is 1.56. The van der Waals surface area contributed by atoms with Crippen LogP contribution in [0, 0.1) is 0 Å². The topological polar surface area (TPSA) is 21.3 Å². The van der Waals surface area contributed by atoms with Crippen molar-refractivity contribution in [2.45, 2.75) is 64.3 Å². The van der Waals surface area contributed by atoms with E-state index in [1.807, 2.05) is 0 Å². The highest BCUT2D eigenvalue weighted by Crippen LogP contribution is 2.25. The quantitative estimate of drug-likeness (QED) is 0.609. The fraction of sp³-hybridized carbons (Fsp3) is 0.667. The van der Waals surface area contributed by atoms with Crippen molar-refractivity contribution in [2.75, 3.05) is 13.2 Å². The zero-order chi connectivity index (χ0) is 14.2. The fourth-order valence-corrected chi connectivity index (χ4v) is 3.00. The molecule has 1 fully saturated rings. The van der Waals surface area contributed by atoms with E-state index in [9.17, 15) is 0 Å². The van der Waals surface area contributed by atoms with Crippen LogP contribution in [-0.2, 0) is 0 Å². The first-order valence-electron chi connectivity index (χ1n) is 8.22. The van der Waals surface area contributed by atoms with Gasteiger partial charge in [-0.2, -0.15) is 0 Å². The number of hydrogen-bond acceptors (Lipinski definition) is 2. The number of ether oxygens (including phenoxy) is 1. The zero-order valence-electron chi connectivity index (χ0n) is 13.0. The van der Waals surface area contributed by atoms with Gasteiger partial charge in [-0.1, -0.05) is 57.7 Å². The first kappa shape index (κ1) is 15.4. The Morgan fingerprint density at radius 1 is 1.10 bits per heavy atom. The van der Waals surface area contributed by atoms with Gasteiger partial charge in [-0.3, -0.25) is 0 Å². The van der Waals surface area contributed by atoms with Gasteiger partial charge in [0.15, 0.2) is 0 Å². The molecule has 0 aliphatic heterocycles. The Labute approximate surface area is 123 Å². The highest BCUT2D eigenvalue weighted by atomic mass is 16.5. The number of rotatable bonds is 6. The molecule has 1 aliphatic carbocycles. The normalized spacial score (nSPS) is 17.1. The standard InChI is InChI=1S/C18H29NO/c1-15(2)17-11-7-8-12-18(17)20-14-13-19-16-9-5-3-4-6-10-16/h7-8,11-12,15-16,19H,3-6,9-10,13-14H2,1-2H3. The van der Waals surface area contributed by atoms with Crippen LogP contribution >= 0.6 is 0 Å². The van der Waals surface area contributed by atoms with Crippen LogP contribution in [0.3, 0.4) is 0 Å². The summed E-state index contributed by atoms with van der Waals surface area (Å²) in [5.41, 5.74) is 1.31. The van der Waals surface area contributed by atoms with Crippen LogP contribution in [0.25, 0.3) is 0 Å².